The van der Waals surface area contributed by atoms with Gasteiger partial charge in [-0.1, -0.05) is 33.1 Å². The normalized spacial score (nSPS) is 14.0. The largest absolute Gasteiger partial charge is 0.300 e. The zero-order chi connectivity index (χ0) is 11.7. The van der Waals surface area contributed by atoms with Gasteiger partial charge in [0.1, 0.15) is 5.78 Å². The van der Waals surface area contributed by atoms with E-state index in [2.05, 4.69) is 18.8 Å². The van der Waals surface area contributed by atoms with Crippen LogP contribution in [0, 0.1) is 5.92 Å². The number of hydrogen-bond donors (Lipinski definition) is 0. The highest BCUT2D eigenvalue weighted by molar-refractivity contribution is 5.99. The van der Waals surface area contributed by atoms with Gasteiger partial charge in [0.2, 0.25) is 0 Å². The summed E-state index contributed by atoms with van der Waals surface area (Å²) in [5, 5.41) is 0. The first kappa shape index (κ1) is 14.3. The zero-order valence-electron chi connectivity index (χ0n) is 10.7. The lowest BCUT2D eigenvalue weighted by atomic mass is 9.99. The molecule has 0 N–H and O–H groups in total. The van der Waals surface area contributed by atoms with Gasteiger partial charge in [0.05, 0.1) is 0 Å². The van der Waals surface area contributed by atoms with Gasteiger partial charge in [0, 0.05) is 18.7 Å². The fourth-order valence-electron chi connectivity index (χ4n) is 1.62. The van der Waals surface area contributed by atoms with Crippen LogP contribution >= 0.6 is 0 Å². The lowest BCUT2D eigenvalue weighted by Crippen LogP contribution is -2.07. The van der Waals surface area contributed by atoms with E-state index < -0.39 is 0 Å². The highest BCUT2D eigenvalue weighted by atomic mass is 16.1. The van der Waals surface area contributed by atoms with Crippen molar-refractivity contribution in [1.29, 1.82) is 0 Å². The van der Waals surface area contributed by atoms with Gasteiger partial charge in [-0.15, -0.1) is 0 Å². The summed E-state index contributed by atoms with van der Waals surface area (Å²) in [6.07, 6.45) is 5.53. The summed E-state index contributed by atoms with van der Waals surface area (Å²) in [4.78, 5) is 15.3. The molecule has 0 aromatic heterocycles. The van der Waals surface area contributed by atoms with Gasteiger partial charge in [0.15, 0.2) is 0 Å². The predicted molar refractivity (Wildman–Crippen MR) is 66.6 cm³/mol. The van der Waals surface area contributed by atoms with Crippen molar-refractivity contribution in [3.8, 4) is 0 Å². The number of hydrogen-bond acceptors (Lipinski definition) is 2. The molecule has 0 fully saturated rings. The van der Waals surface area contributed by atoms with Crippen LogP contribution in [0.1, 0.15) is 59.8 Å². The summed E-state index contributed by atoms with van der Waals surface area (Å²) in [6, 6.07) is 0. The number of aliphatic imine (C=N–C) groups is 1. The number of Topliss-reactive ketones (excluding diaryl/α,β-unsaturated/α-hetero) is 1. The van der Waals surface area contributed by atoms with E-state index in [0.717, 1.165) is 12.3 Å². The number of carbonyl (C=O) groups is 1. The Morgan fingerprint density at radius 1 is 1.27 bits per heavy atom. The van der Waals surface area contributed by atoms with Crippen molar-refractivity contribution in [3.05, 3.63) is 0 Å². The standard InChI is InChI=1S/C13H25NO/c1-5-7-8-13(6-2)10-14-11(3)9-12(4)15/h13H,5-10H2,1-4H3. The summed E-state index contributed by atoms with van der Waals surface area (Å²) in [5.74, 6) is 0.907. The van der Waals surface area contributed by atoms with E-state index in [9.17, 15) is 4.79 Å². The third kappa shape index (κ3) is 8.34. The number of carbonyl (C=O) groups excluding carboxylic acids is 1. The molecular weight excluding hydrogens is 186 g/mol. The van der Waals surface area contributed by atoms with Crippen LogP contribution in [0.5, 0.6) is 0 Å². The number of nitrogens with zero attached hydrogens (tertiary/aromatic N) is 1. The molecule has 0 aromatic rings. The average molecular weight is 211 g/mol. The highest BCUT2D eigenvalue weighted by Crippen LogP contribution is 2.12. The van der Waals surface area contributed by atoms with E-state index in [1.807, 2.05) is 6.92 Å². The number of unbranched alkanes of at least 4 members (excludes halogenated alkanes) is 1. The Morgan fingerprint density at radius 2 is 1.93 bits per heavy atom. The molecule has 0 aromatic carbocycles. The van der Waals surface area contributed by atoms with Crippen LogP contribution in [0.25, 0.3) is 0 Å². The number of ketones is 1. The van der Waals surface area contributed by atoms with E-state index in [0.29, 0.717) is 12.3 Å². The average Bonchev–Trinajstić information content (AvgIpc) is 2.17. The van der Waals surface area contributed by atoms with Gasteiger partial charge < -0.3 is 0 Å². The minimum atomic E-state index is 0.206. The Labute approximate surface area is 94.2 Å². The zero-order valence-corrected chi connectivity index (χ0v) is 10.7. The van der Waals surface area contributed by atoms with E-state index in [4.69, 9.17) is 0 Å². The molecule has 15 heavy (non-hydrogen) atoms. The lowest BCUT2D eigenvalue weighted by molar-refractivity contribution is -0.115. The molecule has 0 rings (SSSR count). The molecule has 1 unspecified atom stereocenters. The van der Waals surface area contributed by atoms with Crippen LogP contribution < -0.4 is 0 Å². The smallest absolute Gasteiger partial charge is 0.135 e. The minimum absolute atomic E-state index is 0.206. The molecule has 0 amide bonds. The molecule has 2 nitrogen and oxygen atoms in total. The van der Waals surface area contributed by atoms with Crippen LogP contribution in [0.2, 0.25) is 0 Å². The molecule has 0 radical (unpaired) electrons. The van der Waals surface area contributed by atoms with Gasteiger partial charge in [-0.2, -0.15) is 0 Å². The first-order valence-corrected chi connectivity index (χ1v) is 6.09. The minimum Gasteiger partial charge on any atom is -0.300 e. The van der Waals surface area contributed by atoms with Crippen molar-refractivity contribution in [2.24, 2.45) is 10.9 Å². The second-order valence-electron chi connectivity index (χ2n) is 4.37. The van der Waals surface area contributed by atoms with Crippen molar-refractivity contribution in [2.45, 2.75) is 59.8 Å². The first-order chi connectivity index (χ1) is 7.10. The third-order valence-corrected chi connectivity index (χ3v) is 2.67. The predicted octanol–water partition coefficient (Wildman–Crippen LogP) is 3.64. The molecule has 0 aliphatic heterocycles. The van der Waals surface area contributed by atoms with Gasteiger partial charge in [0.25, 0.3) is 0 Å². The highest BCUT2D eigenvalue weighted by Gasteiger charge is 2.05. The summed E-state index contributed by atoms with van der Waals surface area (Å²) in [5.41, 5.74) is 0.984. The molecule has 0 saturated carbocycles. The summed E-state index contributed by atoms with van der Waals surface area (Å²) in [6.45, 7) is 8.91. The lowest BCUT2D eigenvalue weighted by Gasteiger charge is -2.11. The van der Waals surface area contributed by atoms with Crippen molar-refractivity contribution in [2.75, 3.05) is 6.54 Å². The van der Waals surface area contributed by atoms with Gasteiger partial charge in [-0.05, 0) is 26.2 Å². The first-order valence-electron chi connectivity index (χ1n) is 6.09. The Balaban J connectivity index is 3.90. The molecular formula is C13H25NO. The quantitative estimate of drug-likeness (QED) is 0.564. The molecule has 0 aliphatic rings. The van der Waals surface area contributed by atoms with Crippen LogP contribution in [-0.4, -0.2) is 18.0 Å². The van der Waals surface area contributed by atoms with Crippen LogP contribution in [-0.2, 0) is 4.79 Å². The topological polar surface area (TPSA) is 29.4 Å². The van der Waals surface area contributed by atoms with E-state index in [1.54, 1.807) is 6.92 Å². The van der Waals surface area contributed by atoms with Gasteiger partial charge in [-0.25, -0.2) is 0 Å². The Kier molecular flexibility index (Phi) is 8.25. The molecule has 0 spiro atoms. The van der Waals surface area contributed by atoms with Crippen LogP contribution in [0.4, 0.5) is 0 Å². The molecule has 2 heteroatoms. The SMILES string of the molecule is CCCCC(CC)CN=C(C)CC(C)=O. The second kappa shape index (κ2) is 8.63. The third-order valence-electron chi connectivity index (χ3n) is 2.67. The maximum atomic E-state index is 10.9. The van der Waals surface area contributed by atoms with E-state index in [1.165, 1.54) is 25.7 Å². The van der Waals surface area contributed by atoms with Crippen LogP contribution in [0.3, 0.4) is 0 Å². The number of rotatable bonds is 8. The maximum Gasteiger partial charge on any atom is 0.135 e. The van der Waals surface area contributed by atoms with E-state index >= 15 is 0 Å². The summed E-state index contributed by atoms with van der Waals surface area (Å²) in [7, 11) is 0. The van der Waals surface area contributed by atoms with Crippen molar-refractivity contribution < 1.29 is 4.79 Å². The molecule has 1 atom stereocenters. The van der Waals surface area contributed by atoms with Crippen molar-refractivity contribution >= 4 is 11.5 Å². The van der Waals surface area contributed by atoms with Crippen molar-refractivity contribution in [3.63, 3.8) is 0 Å². The molecule has 88 valence electrons. The molecule has 0 saturated heterocycles. The maximum absolute atomic E-state index is 10.9. The van der Waals surface area contributed by atoms with Crippen LogP contribution in [0.15, 0.2) is 4.99 Å². The summed E-state index contributed by atoms with van der Waals surface area (Å²) >= 11 is 0. The molecule has 0 aliphatic carbocycles. The second-order valence-corrected chi connectivity index (χ2v) is 4.37. The summed E-state index contributed by atoms with van der Waals surface area (Å²) < 4.78 is 0. The van der Waals surface area contributed by atoms with Gasteiger partial charge >= 0.3 is 0 Å². The molecule has 0 heterocycles. The Morgan fingerprint density at radius 3 is 2.40 bits per heavy atom. The molecule has 0 bridgehead atoms. The van der Waals surface area contributed by atoms with Crippen molar-refractivity contribution in [1.82, 2.24) is 0 Å². The Hall–Kier alpha value is -0.660. The fourth-order valence-corrected chi connectivity index (χ4v) is 1.62. The van der Waals surface area contributed by atoms with Gasteiger partial charge in [-0.3, -0.25) is 9.79 Å². The fraction of sp³-hybridized carbons (Fsp3) is 0.846. The Bertz CT molecular complexity index is 209. The van der Waals surface area contributed by atoms with E-state index in [-0.39, 0.29) is 5.78 Å². The monoisotopic (exact) mass is 211 g/mol.